The molecule has 0 aromatic carbocycles. The predicted molar refractivity (Wildman–Crippen MR) is 63.5 cm³/mol. The molecule has 0 radical (unpaired) electrons. The molecule has 0 amide bonds. The molecule has 3 N–H and O–H groups in total. The summed E-state index contributed by atoms with van der Waals surface area (Å²) < 4.78 is 9.66. The Morgan fingerprint density at radius 3 is 2.85 bits per heavy atom. The van der Waals surface area contributed by atoms with E-state index in [4.69, 9.17) is 9.84 Å². The van der Waals surface area contributed by atoms with Crippen molar-refractivity contribution in [2.24, 2.45) is 5.92 Å². The Labute approximate surface area is 115 Å². The number of piperidine rings is 1. The lowest BCUT2D eigenvalue weighted by Crippen LogP contribution is -2.44. The third-order valence-corrected chi connectivity index (χ3v) is 3.44. The van der Waals surface area contributed by atoms with E-state index >= 15 is 0 Å². The first-order chi connectivity index (χ1) is 9.54. The van der Waals surface area contributed by atoms with Gasteiger partial charge in [0.2, 0.25) is 6.10 Å². The topological polar surface area (TPSA) is 122 Å². The van der Waals surface area contributed by atoms with E-state index in [1.165, 1.54) is 0 Å². The third-order valence-electron chi connectivity index (χ3n) is 3.44. The first-order valence-corrected chi connectivity index (χ1v) is 6.49. The number of hydrogen-bond acceptors (Lipinski definition) is 8. The number of nitrogens with one attached hydrogen (secondary N) is 1. The van der Waals surface area contributed by atoms with Crippen LogP contribution in [-0.2, 0) is 23.9 Å². The summed E-state index contributed by atoms with van der Waals surface area (Å²) in [5.74, 6) is -3.18. The lowest BCUT2D eigenvalue weighted by Gasteiger charge is -2.25. The Hall–Kier alpha value is -1.51. The Bertz CT molecular complexity index is 405. The van der Waals surface area contributed by atoms with E-state index in [9.17, 15) is 19.5 Å². The Balaban J connectivity index is 2.02. The van der Waals surface area contributed by atoms with Crippen molar-refractivity contribution in [1.82, 2.24) is 5.32 Å². The highest BCUT2D eigenvalue weighted by Gasteiger charge is 2.50. The number of hydrogen-bond donors (Lipinski definition) is 3. The highest BCUT2D eigenvalue weighted by molar-refractivity contribution is 6.37. The minimum Gasteiger partial charge on any atom is -0.449 e. The first-order valence-electron chi connectivity index (χ1n) is 6.49. The monoisotopic (exact) mass is 287 g/mol. The molecule has 4 atom stereocenters. The van der Waals surface area contributed by atoms with Crippen LogP contribution in [0.4, 0.5) is 0 Å². The molecule has 0 spiro atoms. The number of ketones is 1. The van der Waals surface area contributed by atoms with E-state index in [0.29, 0.717) is 13.0 Å². The van der Waals surface area contributed by atoms with Gasteiger partial charge in [0, 0.05) is 6.54 Å². The van der Waals surface area contributed by atoms with Gasteiger partial charge in [0.05, 0.1) is 12.5 Å². The van der Waals surface area contributed by atoms with Crippen LogP contribution < -0.4 is 5.32 Å². The number of aliphatic hydroxyl groups excluding tert-OH is 2. The summed E-state index contributed by atoms with van der Waals surface area (Å²) in [5.41, 5.74) is 0. The largest absolute Gasteiger partial charge is 0.449 e. The number of cyclic esters (lactones) is 1. The average Bonchev–Trinajstić information content (AvgIpc) is 2.75. The van der Waals surface area contributed by atoms with Crippen molar-refractivity contribution in [1.29, 1.82) is 0 Å². The molecular weight excluding hydrogens is 270 g/mol. The number of rotatable bonds is 4. The molecule has 2 rings (SSSR count). The normalized spacial score (nSPS) is 31.8. The number of esters is 2. The maximum atomic E-state index is 11.9. The molecule has 112 valence electrons. The zero-order valence-electron chi connectivity index (χ0n) is 10.8. The van der Waals surface area contributed by atoms with Gasteiger partial charge in [-0.15, -0.1) is 0 Å². The van der Waals surface area contributed by atoms with Gasteiger partial charge in [-0.2, -0.15) is 0 Å². The van der Waals surface area contributed by atoms with Gasteiger partial charge in [-0.3, -0.25) is 9.59 Å². The lowest BCUT2D eigenvalue weighted by atomic mass is 9.99. The van der Waals surface area contributed by atoms with Gasteiger partial charge in [-0.05, 0) is 19.4 Å². The molecule has 0 aliphatic carbocycles. The molecule has 8 heteroatoms. The smallest absolute Gasteiger partial charge is 0.379 e. The molecule has 2 aliphatic rings. The number of carbonyl (C=O) groups excluding carboxylic acids is 3. The maximum Gasteiger partial charge on any atom is 0.379 e. The van der Waals surface area contributed by atoms with Gasteiger partial charge in [0.25, 0.3) is 5.78 Å². The Kier molecular flexibility index (Phi) is 4.69. The van der Waals surface area contributed by atoms with E-state index in [1.54, 1.807) is 0 Å². The summed E-state index contributed by atoms with van der Waals surface area (Å²) >= 11 is 0. The standard InChI is InChI=1S/C12H17NO7/c14-5-7(15)9-10(8(16)12(18)19-9)20-11(17)6-2-1-3-13-4-6/h6-7,9-10,13-15H,1-5H2/t6?,7-,9+,10?/m0/s1. The van der Waals surface area contributed by atoms with Crippen LogP contribution in [0.15, 0.2) is 0 Å². The van der Waals surface area contributed by atoms with E-state index in [1.807, 2.05) is 0 Å². The van der Waals surface area contributed by atoms with Crippen LogP contribution in [0.1, 0.15) is 12.8 Å². The quantitative estimate of drug-likeness (QED) is 0.391. The highest BCUT2D eigenvalue weighted by atomic mass is 16.6. The van der Waals surface area contributed by atoms with Gasteiger partial charge in [-0.1, -0.05) is 0 Å². The van der Waals surface area contributed by atoms with Crippen molar-refractivity contribution in [3.05, 3.63) is 0 Å². The summed E-state index contributed by atoms with van der Waals surface area (Å²) in [6.07, 6.45) is -2.85. The molecule has 20 heavy (non-hydrogen) atoms. The average molecular weight is 287 g/mol. The summed E-state index contributed by atoms with van der Waals surface area (Å²) in [5, 5.41) is 21.4. The Morgan fingerprint density at radius 1 is 1.50 bits per heavy atom. The second-order valence-corrected chi connectivity index (χ2v) is 4.88. The van der Waals surface area contributed by atoms with Gasteiger partial charge < -0.3 is 25.0 Å². The van der Waals surface area contributed by atoms with Gasteiger partial charge in [-0.25, -0.2) is 4.79 Å². The van der Waals surface area contributed by atoms with Crippen LogP contribution in [0.5, 0.6) is 0 Å². The van der Waals surface area contributed by atoms with Crippen LogP contribution >= 0.6 is 0 Å². The second kappa shape index (κ2) is 6.29. The molecule has 2 aliphatic heterocycles. The highest BCUT2D eigenvalue weighted by Crippen LogP contribution is 2.21. The number of aliphatic hydroxyl groups is 2. The summed E-state index contributed by atoms with van der Waals surface area (Å²) in [6, 6.07) is 0. The van der Waals surface area contributed by atoms with E-state index in [0.717, 1.165) is 13.0 Å². The van der Waals surface area contributed by atoms with E-state index in [-0.39, 0.29) is 5.92 Å². The van der Waals surface area contributed by atoms with Crippen LogP contribution in [0.25, 0.3) is 0 Å². The zero-order chi connectivity index (χ0) is 14.7. The molecule has 8 nitrogen and oxygen atoms in total. The van der Waals surface area contributed by atoms with E-state index < -0.39 is 42.6 Å². The fourth-order valence-corrected chi connectivity index (χ4v) is 2.29. The Morgan fingerprint density at radius 2 is 2.25 bits per heavy atom. The zero-order valence-corrected chi connectivity index (χ0v) is 10.8. The van der Waals surface area contributed by atoms with Crippen LogP contribution in [-0.4, -0.2) is 65.9 Å². The number of carbonyl (C=O) groups is 3. The predicted octanol–water partition coefficient (Wildman–Crippen LogP) is -2.25. The molecule has 0 aromatic rings. The van der Waals surface area contributed by atoms with Crippen molar-refractivity contribution in [2.75, 3.05) is 19.7 Å². The van der Waals surface area contributed by atoms with Crippen molar-refractivity contribution < 1.29 is 34.1 Å². The van der Waals surface area contributed by atoms with Crippen LogP contribution in [0.3, 0.4) is 0 Å². The van der Waals surface area contributed by atoms with Gasteiger partial charge in [0.1, 0.15) is 6.10 Å². The third kappa shape index (κ3) is 2.97. The second-order valence-electron chi connectivity index (χ2n) is 4.88. The van der Waals surface area contributed by atoms with Gasteiger partial charge >= 0.3 is 11.9 Å². The number of ether oxygens (including phenoxy) is 2. The van der Waals surface area contributed by atoms with Crippen molar-refractivity contribution >= 4 is 17.7 Å². The fourth-order valence-electron chi connectivity index (χ4n) is 2.29. The lowest BCUT2D eigenvalue weighted by molar-refractivity contribution is -0.165. The summed E-state index contributed by atoms with van der Waals surface area (Å²) in [4.78, 5) is 34.7. The fraction of sp³-hybridized carbons (Fsp3) is 0.750. The molecule has 2 unspecified atom stereocenters. The van der Waals surface area contributed by atoms with Crippen molar-refractivity contribution in [3.63, 3.8) is 0 Å². The summed E-state index contributed by atoms with van der Waals surface area (Å²) in [7, 11) is 0. The summed E-state index contributed by atoms with van der Waals surface area (Å²) in [6.45, 7) is 0.561. The molecule has 0 saturated carbocycles. The molecule has 2 heterocycles. The minimum absolute atomic E-state index is 0.390. The van der Waals surface area contributed by atoms with Crippen molar-refractivity contribution in [2.45, 2.75) is 31.2 Å². The molecule has 2 saturated heterocycles. The first kappa shape index (κ1) is 14.9. The maximum absolute atomic E-state index is 11.9. The SMILES string of the molecule is O=C1O[C@H]([C@@H](O)CO)C(OC(=O)C2CCCNC2)C1=O. The van der Waals surface area contributed by atoms with Crippen LogP contribution in [0, 0.1) is 5.92 Å². The van der Waals surface area contributed by atoms with Crippen molar-refractivity contribution in [3.8, 4) is 0 Å². The van der Waals surface area contributed by atoms with Crippen LogP contribution in [0.2, 0.25) is 0 Å². The molecule has 2 fully saturated rings. The molecule has 0 bridgehead atoms. The number of Topliss-reactive ketones (excluding diaryl/α,β-unsaturated/α-hetero) is 1. The minimum atomic E-state index is -1.49. The van der Waals surface area contributed by atoms with E-state index in [2.05, 4.69) is 10.1 Å². The molecule has 0 aromatic heterocycles. The molecular formula is C12H17NO7. The van der Waals surface area contributed by atoms with Gasteiger partial charge in [0.15, 0.2) is 6.10 Å².